The third-order valence-electron chi connectivity index (χ3n) is 6.15. The van der Waals surface area contributed by atoms with Crippen molar-refractivity contribution < 1.29 is 52.0 Å². The van der Waals surface area contributed by atoms with Gasteiger partial charge >= 0.3 is 29.5 Å². The van der Waals surface area contributed by atoms with Gasteiger partial charge in [0.05, 0.1) is 0 Å². The molecule has 0 unspecified atom stereocenters. The van der Waals surface area contributed by atoms with Crippen molar-refractivity contribution >= 4 is 34.8 Å². The van der Waals surface area contributed by atoms with E-state index >= 15 is 0 Å². The van der Waals surface area contributed by atoms with Crippen LogP contribution in [0.2, 0.25) is 0 Å². The summed E-state index contributed by atoms with van der Waals surface area (Å²) in [4.78, 5) is 59.7. The minimum atomic E-state index is -1.39. The molecular formula is C26H28O12. The SMILES string of the molecule is CC(=O)OC[C@@H]1O[C@@H](Oc2ccc3c4c(c(=O)oc3c2)CCC4)[C@H](OC(C)=O)[C@@H](OC(C)=O)[C@H]1OC(C)=O. The lowest BCUT2D eigenvalue weighted by Crippen LogP contribution is -2.63. The van der Waals surface area contributed by atoms with E-state index in [1.54, 1.807) is 12.1 Å². The molecule has 1 saturated heterocycles. The highest BCUT2D eigenvalue weighted by molar-refractivity contribution is 5.83. The van der Waals surface area contributed by atoms with Crippen LogP contribution in [-0.2, 0) is 55.7 Å². The van der Waals surface area contributed by atoms with Gasteiger partial charge in [0, 0.05) is 44.7 Å². The van der Waals surface area contributed by atoms with Crippen LogP contribution in [0.1, 0.15) is 45.2 Å². The maximum absolute atomic E-state index is 12.4. The summed E-state index contributed by atoms with van der Waals surface area (Å²) < 4.78 is 38.7. The highest BCUT2D eigenvalue weighted by atomic mass is 16.7. The molecule has 0 saturated carbocycles. The first-order valence-electron chi connectivity index (χ1n) is 12.1. The Balaban J connectivity index is 1.71. The molecule has 0 radical (unpaired) electrons. The van der Waals surface area contributed by atoms with Crippen molar-refractivity contribution in [2.45, 2.75) is 77.7 Å². The molecule has 0 N–H and O–H groups in total. The van der Waals surface area contributed by atoms with Crippen molar-refractivity contribution in [3.8, 4) is 5.75 Å². The molecule has 4 rings (SSSR count). The fraction of sp³-hybridized carbons (Fsp3) is 0.500. The lowest BCUT2D eigenvalue weighted by Gasteiger charge is -2.43. The largest absolute Gasteiger partial charge is 0.463 e. The van der Waals surface area contributed by atoms with Crippen molar-refractivity contribution in [3.63, 3.8) is 0 Å². The average Bonchev–Trinajstić information content (AvgIpc) is 3.32. The molecule has 204 valence electrons. The van der Waals surface area contributed by atoms with Gasteiger partial charge in [-0.1, -0.05) is 0 Å². The monoisotopic (exact) mass is 532 g/mol. The van der Waals surface area contributed by atoms with Gasteiger partial charge in [-0.15, -0.1) is 0 Å². The standard InChI is InChI=1S/C26H28O12/c1-12(27)32-11-21-22(33-13(2)28)23(34-14(3)29)24(35-15(4)30)26(38-21)36-16-8-9-18-17-6-5-7-19(17)25(31)37-20(18)10-16/h8-10,21-24,26H,5-7,11H2,1-4H3/t21-,22-,23-,24+,26+/m0/s1. The second-order valence-corrected chi connectivity index (χ2v) is 9.04. The first kappa shape index (κ1) is 27.1. The summed E-state index contributed by atoms with van der Waals surface area (Å²) >= 11 is 0. The minimum Gasteiger partial charge on any atom is -0.463 e. The van der Waals surface area contributed by atoms with Crippen LogP contribution in [0, 0.1) is 0 Å². The van der Waals surface area contributed by atoms with E-state index in [2.05, 4.69) is 0 Å². The summed E-state index contributed by atoms with van der Waals surface area (Å²) in [6, 6.07) is 4.89. The zero-order chi connectivity index (χ0) is 27.6. The maximum Gasteiger partial charge on any atom is 0.339 e. The summed E-state index contributed by atoms with van der Waals surface area (Å²) in [6.45, 7) is 4.21. The molecule has 2 heterocycles. The van der Waals surface area contributed by atoms with Crippen LogP contribution in [0.25, 0.3) is 11.0 Å². The van der Waals surface area contributed by atoms with Crippen LogP contribution >= 0.6 is 0 Å². The molecule has 0 bridgehead atoms. The Kier molecular flexibility index (Phi) is 8.00. The Morgan fingerprint density at radius 1 is 0.842 bits per heavy atom. The normalized spacial score (nSPS) is 24.3. The smallest absolute Gasteiger partial charge is 0.339 e. The quantitative estimate of drug-likeness (QED) is 0.290. The molecule has 1 aromatic carbocycles. The van der Waals surface area contributed by atoms with Crippen molar-refractivity contribution in [2.24, 2.45) is 0 Å². The molecule has 1 aromatic heterocycles. The van der Waals surface area contributed by atoms with Gasteiger partial charge in [0.2, 0.25) is 12.4 Å². The molecular weight excluding hydrogens is 504 g/mol. The Bertz CT molecular complexity index is 1310. The van der Waals surface area contributed by atoms with Gasteiger partial charge in [0.15, 0.2) is 12.2 Å². The molecule has 12 nitrogen and oxygen atoms in total. The lowest BCUT2D eigenvalue weighted by atomic mass is 9.98. The molecule has 0 amide bonds. The number of rotatable bonds is 7. The average molecular weight is 532 g/mol. The van der Waals surface area contributed by atoms with E-state index in [-0.39, 0.29) is 12.4 Å². The molecule has 0 spiro atoms. The van der Waals surface area contributed by atoms with Gasteiger partial charge in [-0.05, 0) is 37.0 Å². The van der Waals surface area contributed by atoms with E-state index in [1.165, 1.54) is 13.0 Å². The van der Waals surface area contributed by atoms with E-state index < -0.39 is 60.2 Å². The van der Waals surface area contributed by atoms with Gasteiger partial charge in [0.1, 0.15) is 24.0 Å². The van der Waals surface area contributed by atoms with E-state index in [0.717, 1.165) is 44.6 Å². The predicted octanol–water partition coefficient (Wildman–Crippen LogP) is 1.74. The van der Waals surface area contributed by atoms with E-state index in [1.807, 2.05) is 0 Å². The third-order valence-corrected chi connectivity index (χ3v) is 6.15. The number of hydrogen-bond acceptors (Lipinski definition) is 12. The number of ether oxygens (including phenoxy) is 6. The van der Waals surface area contributed by atoms with E-state index in [9.17, 15) is 24.0 Å². The number of aryl methyl sites for hydroxylation is 1. The van der Waals surface area contributed by atoms with Gasteiger partial charge in [-0.25, -0.2) is 4.79 Å². The van der Waals surface area contributed by atoms with Crippen LogP contribution in [0.4, 0.5) is 0 Å². The second kappa shape index (κ2) is 11.2. The van der Waals surface area contributed by atoms with Crippen LogP contribution in [-0.4, -0.2) is 61.2 Å². The lowest BCUT2D eigenvalue weighted by molar-refractivity contribution is -0.288. The Morgan fingerprint density at radius 3 is 2.13 bits per heavy atom. The summed E-state index contributed by atoms with van der Waals surface area (Å²) in [5.74, 6) is -2.67. The van der Waals surface area contributed by atoms with E-state index in [0.29, 0.717) is 17.6 Å². The molecule has 38 heavy (non-hydrogen) atoms. The van der Waals surface area contributed by atoms with Crippen molar-refractivity contribution in [3.05, 3.63) is 39.7 Å². The predicted molar refractivity (Wildman–Crippen MR) is 127 cm³/mol. The molecule has 5 atom stereocenters. The topological polar surface area (TPSA) is 154 Å². The summed E-state index contributed by atoms with van der Waals surface area (Å²) in [5.41, 5.74) is 1.51. The zero-order valence-electron chi connectivity index (χ0n) is 21.3. The number of esters is 4. The summed E-state index contributed by atoms with van der Waals surface area (Å²) in [7, 11) is 0. The molecule has 2 aromatic rings. The zero-order valence-corrected chi connectivity index (χ0v) is 21.3. The van der Waals surface area contributed by atoms with Gasteiger partial charge in [0.25, 0.3) is 0 Å². The van der Waals surface area contributed by atoms with Gasteiger partial charge in [-0.3, -0.25) is 19.2 Å². The van der Waals surface area contributed by atoms with Crippen LogP contribution in [0.3, 0.4) is 0 Å². The number of hydrogen-bond donors (Lipinski definition) is 0. The van der Waals surface area contributed by atoms with Crippen LogP contribution in [0.5, 0.6) is 5.75 Å². The number of carbonyl (C=O) groups excluding carboxylic acids is 4. The Hall–Kier alpha value is -3.93. The first-order chi connectivity index (χ1) is 18.0. The fourth-order valence-corrected chi connectivity index (χ4v) is 4.76. The maximum atomic E-state index is 12.4. The first-order valence-corrected chi connectivity index (χ1v) is 12.1. The minimum absolute atomic E-state index is 0.194. The number of benzene rings is 1. The van der Waals surface area contributed by atoms with Crippen LogP contribution in [0.15, 0.2) is 27.4 Å². The van der Waals surface area contributed by atoms with Crippen LogP contribution < -0.4 is 10.4 Å². The molecule has 2 aliphatic rings. The molecule has 1 fully saturated rings. The van der Waals surface area contributed by atoms with Gasteiger partial charge in [-0.2, -0.15) is 0 Å². The Morgan fingerprint density at radius 2 is 1.47 bits per heavy atom. The van der Waals surface area contributed by atoms with E-state index in [4.69, 9.17) is 32.8 Å². The highest BCUT2D eigenvalue weighted by Crippen LogP contribution is 2.33. The van der Waals surface area contributed by atoms with Crippen molar-refractivity contribution in [2.75, 3.05) is 6.61 Å². The second-order valence-electron chi connectivity index (χ2n) is 9.04. The molecule has 1 aliphatic heterocycles. The fourth-order valence-electron chi connectivity index (χ4n) is 4.76. The summed E-state index contributed by atoms with van der Waals surface area (Å²) in [6.07, 6.45) is -4.29. The van der Waals surface area contributed by atoms with Gasteiger partial charge < -0.3 is 32.8 Å². The number of fused-ring (bicyclic) bond motifs is 3. The Labute approximate surface area is 217 Å². The number of carbonyl (C=O) groups is 4. The molecule has 12 heteroatoms. The highest BCUT2D eigenvalue weighted by Gasteiger charge is 2.53. The van der Waals surface area contributed by atoms with Crippen molar-refractivity contribution in [1.29, 1.82) is 0 Å². The molecule has 1 aliphatic carbocycles. The summed E-state index contributed by atoms with van der Waals surface area (Å²) in [5, 5.41) is 0.783. The third kappa shape index (κ3) is 5.96. The van der Waals surface area contributed by atoms with Crippen molar-refractivity contribution in [1.82, 2.24) is 0 Å².